The average Bonchev–Trinajstić information content (AvgIpc) is 2.17. The highest BCUT2D eigenvalue weighted by Gasteiger charge is 2.13. The maximum absolute atomic E-state index is 10.8. The number of likely N-dealkylation sites (tertiary alicyclic amines) is 1. The van der Waals surface area contributed by atoms with Crippen LogP contribution < -0.4 is 0 Å². The quantitative estimate of drug-likeness (QED) is 0.633. The van der Waals surface area contributed by atoms with Crippen LogP contribution in [0.25, 0.3) is 0 Å². The van der Waals surface area contributed by atoms with Gasteiger partial charge in [-0.15, -0.1) is 0 Å². The lowest BCUT2D eigenvalue weighted by molar-refractivity contribution is -0.129. The first-order valence-electron chi connectivity index (χ1n) is 6.68. The maximum Gasteiger partial charge on any atom is 0.219 e. The topological polar surface area (TPSA) is 20.3 Å². The van der Waals surface area contributed by atoms with E-state index in [9.17, 15) is 4.79 Å². The lowest BCUT2D eigenvalue weighted by Crippen LogP contribution is -2.34. The van der Waals surface area contributed by atoms with Crippen LogP contribution in [-0.2, 0) is 4.79 Å². The third-order valence-electron chi connectivity index (χ3n) is 2.92. The van der Waals surface area contributed by atoms with Crippen molar-refractivity contribution in [1.29, 1.82) is 0 Å². The molecule has 1 amide bonds. The van der Waals surface area contributed by atoms with Crippen molar-refractivity contribution in [3.05, 3.63) is 12.2 Å². The lowest BCUT2D eigenvalue weighted by Gasteiger charge is -2.26. The zero-order valence-electron chi connectivity index (χ0n) is 12.3. The Balaban J connectivity index is 0.000000325. The summed E-state index contributed by atoms with van der Waals surface area (Å²) in [6.07, 6.45) is 4.62. The van der Waals surface area contributed by atoms with E-state index in [1.54, 1.807) is 6.92 Å². The largest absolute Gasteiger partial charge is 0.342 e. The molecule has 2 nitrogen and oxygen atoms in total. The van der Waals surface area contributed by atoms with Gasteiger partial charge in [-0.2, -0.15) is 0 Å². The summed E-state index contributed by atoms with van der Waals surface area (Å²) < 4.78 is 0. The molecule has 0 aliphatic carbocycles. The van der Waals surface area contributed by atoms with Gasteiger partial charge in [0.25, 0.3) is 0 Å². The van der Waals surface area contributed by atoms with E-state index in [-0.39, 0.29) is 5.91 Å². The van der Waals surface area contributed by atoms with Crippen LogP contribution in [0.15, 0.2) is 12.2 Å². The molecule has 100 valence electrons. The van der Waals surface area contributed by atoms with Crippen molar-refractivity contribution in [2.45, 2.75) is 60.3 Å². The second kappa shape index (κ2) is 7.52. The highest BCUT2D eigenvalue weighted by molar-refractivity contribution is 5.73. The number of carbonyl (C=O) groups excluding carboxylic acids is 1. The summed E-state index contributed by atoms with van der Waals surface area (Å²) >= 11 is 0. The molecule has 0 aromatic heterocycles. The van der Waals surface area contributed by atoms with Crippen LogP contribution in [-0.4, -0.2) is 23.9 Å². The first kappa shape index (κ1) is 16.2. The van der Waals surface area contributed by atoms with Gasteiger partial charge in [-0.3, -0.25) is 4.79 Å². The molecule has 1 saturated heterocycles. The number of hydrogen-bond acceptors (Lipinski definition) is 1. The summed E-state index contributed by atoms with van der Waals surface area (Å²) in [5.74, 6) is 0.188. The van der Waals surface area contributed by atoms with E-state index in [1.165, 1.54) is 18.4 Å². The molecule has 2 heteroatoms. The van der Waals surface area contributed by atoms with Gasteiger partial charge in [-0.05, 0) is 24.7 Å². The Morgan fingerprint density at radius 2 is 1.76 bits per heavy atom. The maximum atomic E-state index is 10.8. The molecule has 1 fully saturated rings. The SMILES string of the molecule is C=C1CCN(C(C)=O)CC1.CCCC(C)(C)C. The third-order valence-corrected chi connectivity index (χ3v) is 2.92. The summed E-state index contributed by atoms with van der Waals surface area (Å²) in [6, 6.07) is 0. The fourth-order valence-electron chi connectivity index (χ4n) is 1.89. The van der Waals surface area contributed by atoms with Crippen LogP contribution in [0.5, 0.6) is 0 Å². The minimum atomic E-state index is 0.188. The molecule has 0 aromatic rings. The number of rotatable bonds is 1. The van der Waals surface area contributed by atoms with E-state index in [1.807, 2.05) is 4.90 Å². The van der Waals surface area contributed by atoms with Crippen LogP contribution in [0, 0.1) is 5.41 Å². The molecule has 1 heterocycles. The lowest BCUT2D eigenvalue weighted by atomic mass is 9.91. The molecule has 0 spiro atoms. The van der Waals surface area contributed by atoms with Gasteiger partial charge in [0.2, 0.25) is 5.91 Å². The van der Waals surface area contributed by atoms with Crippen molar-refractivity contribution in [2.75, 3.05) is 13.1 Å². The Labute approximate surface area is 107 Å². The van der Waals surface area contributed by atoms with Crippen molar-refractivity contribution < 1.29 is 4.79 Å². The highest BCUT2D eigenvalue weighted by atomic mass is 16.2. The zero-order valence-corrected chi connectivity index (χ0v) is 12.3. The second-order valence-corrected chi connectivity index (χ2v) is 6.07. The predicted molar refractivity (Wildman–Crippen MR) is 75.0 cm³/mol. The van der Waals surface area contributed by atoms with Gasteiger partial charge in [0.05, 0.1) is 0 Å². The predicted octanol–water partition coefficient (Wildman–Crippen LogP) is 4.02. The second-order valence-electron chi connectivity index (χ2n) is 6.07. The third kappa shape index (κ3) is 8.96. The summed E-state index contributed by atoms with van der Waals surface area (Å²) in [4.78, 5) is 12.7. The van der Waals surface area contributed by atoms with Crippen LogP contribution in [0.1, 0.15) is 60.3 Å². The first-order valence-corrected chi connectivity index (χ1v) is 6.68. The Hall–Kier alpha value is -0.790. The van der Waals surface area contributed by atoms with Crippen LogP contribution in [0.2, 0.25) is 0 Å². The molecule has 0 atom stereocenters. The zero-order chi connectivity index (χ0) is 13.5. The van der Waals surface area contributed by atoms with Crippen LogP contribution in [0.4, 0.5) is 0 Å². The number of hydrogen-bond donors (Lipinski definition) is 0. The van der Waals surface area contributed by atoms with E-state index in [2.05, 4.69) is 34.3 Å². The van der Waals surface area contributed by atoms with Crippen LogP contribution >= 0.6 is 0 Å². The van der Waals surface area contributed by atoms with Gasteiger partial charge in [-0.1, -0.05) is 46.3 Å². The van der Waals surface area contributed by atoms with Gasteiger partial charge in [-0.25, -0.2) is 0 Å². The summed E-state index contributed by atoms with van der Waals surface area (Å²) in [5, 5.41) is 0. The van der Waals surface area contributed by atoms with E-state index < -0.39 is 0 Å². The fourth-order valence-corrected chi connectivity index (χ4v) is 1.89. The molecule has 0 bridgehead atoms. The van der Waals surface area contributed by atoms with E-state index >= 15 is 0 Å². The Kier molecular flexibility index (Phi) is 7.17. The van der Waals surface area contributed by atoms with E-state index in [4.69, 9.17) is 0 Å². The fraction of sp³-hybridized carbons (Fsp3) is 0.800. The summed E-state index contributed by atoms with van der Waals surface area (Å²) in [6.45, 7) is 16.3. The van der Waals surface area contributed by atoms with Crippen molar-refractivity contribution in [3.8, 4) is 0 Å². The van der Waals surface area contributed by atoms with Crippen molar-refractivity contribution in [1.82, 2.24) is 4.90 Å². The molecule has 1 aliphatic rings. The molecule has 0 unspecified atom stereocenters. The molecule has 1 aliphatic heterocycles. The average molecular weight is 239 g/mol. The monoisotopic (exact) mass is 239 g/mol. The smallest absolute Gasteiger partial charge is 0.219 e. The highest BCUT2D eigenvalue weighted by Crippen LogP contribution is 2.19. The number of carbonyl (C=O) groups is 1. The van der Waals surface area contributed by atoms with Gasteiger partial charge < -0.3 is 4.90 Å². The minimum absolute atomic E-state index is 0.188. The molecule has 17 heavy (non-hydrogen) atoms. The standard InChI is InChI=1S/C8H13NO.C7H16/c1-7-3-5-9(6-4-7)8(2)10;1-5-6-7(2,3)4/h1,3-6H2,2H3;5-6H2,1-4H3. The number of nitrogens with zero attached hydrogens (tertiary/aromatic N) is 1. The van der Waals surface area contributed by atoms with E-state index in [0.29, 0.717) is 5.41 Å². The Bertz CT molecular complexity index is 240. The number of amides is 1. The molecule has 0 aromatic carbocycles. The molecule has 0 radical (unpaired) electrons. The molecular formula is C15H29NO. The first-order chi connectivity index (χ1) is 7.76. The van der Waals surface area contributed by atoms with Crippen molar-refractivity contribution in [2.24, 2.45) is 5.41 Å². The number of piperidine rings is 1. The van der Waals surface area contributed by atoms with Gasteiger partial charge in [0.15, 0.2) is 0 Å². The summed E-state index contributed by atoms with van der Waals surface area (Å²) in [7, 11) is 0. The van der Waals surface area contributed by atoms with Crippen LogP contribution in [0.3, 0.4) is 0 Å². The Morgan fingerprint density at radius 1 is 1.29 bits per heavy atom. The minimum Gasteiger partial charge on any atom is -0.342 e. The van der Waals surface area contributed by atoms with E-state index in [0.717, 1.165) is 25.9 Å². The van der Waals surface area contributed by atoms with Gasteiger partial charge in [0.1, 0.15) is 0 Å². The van der Waals surface area contributed by atoms with Gasteiger partial charge in [0, 0.05) is 20.0 Å². The van der Waals surface area contributed by atoms with Gasteiger partial charge >= 0.3 is 0 Å². The molecule has 0 N–H and O–H groups in total. The molecule has 0 saturated carbocycles. The molecule has 1 rings (SSSR count). The summed E-state index contributed by atoms with van der Waals surface area (Å²) in [5.41, 5.74) is 1.83. The molecular weight excluding hydrogens is 210 g/mol. The normalized spacial score (nSPS) is 16.3. The van der Waals surface area contributed by atoms with Crippen molar-refractivity contribution in [3.63, 3.8) is 0 Å². The van der Waals surface area contributed by atoms with Crippen molar-refractivity contribution >= 4 is 5.91 Å². The Morgan fingerprint density at radius 3 is 2.00 bits per heavy atom.